The van der Waals surface area contributed by atoms with E-state index in [4.69, 9.17) is 11.0 Å². The van der Waals surface area contributed by atoms with Crippen LogP contribution in [0.3, 0.4) is 0 Å². The van der Waals surface area contributed by atoms with Gasteiger partial charge in [-0.1, -0.05) is 0 Å². The molecule has 1 aromatic rings. The highest BCUT2D eigenvalue weighted by molar-refractivity contribution is 7.89. The van der Waals surface area contributed by atoms with E-state index in [1.54, 1.807) is 0 Å². The molecule has 0 aliphatic carbocycles. The van der Waals surface area contributed by atoms with E-state index in [9.17, 15) is 13.5 Å². The van der Waals surface area contributed by atoms with Crippen molar-refractivity contribution in [1.82, 2.24) is 4.31 Å². The molecule has 1 aliphatic heterocycles. The molecule has 1 atom stereocenters. The number of benzene rings is 1. The molecule has 0 radical (unpaired) electrons. The first-order chi connectivity index (χ1) is 8.95. The fourth-order valence-electron chi connectivity index (χ4n) is 2.14. The van der Waals surface area contributed by atoms with E-state index in [0.29, 0.717) is 25.1 Å². The van der Waals surface area contributed by atoms with Gasteiger partial charge in [-0.3, -0.25) is 0 Å². The fourth-order valence-corrected chi connectivity index (χ4v) is 3.78. The van der Waals surface area contributed by atoms with Crippen LogP contribution in [0.25, 0.3) is 0 Å². The number of β-amino-alcohol motifs (C(OH)–C–C–N with tert-alkyl or cyclic N) is 1. The highest BCUT2D eigenvalue weighted by Crippen LogP contribution is 2.24. The molecule has 0 saturated carbocycles. The molecule has 3 N–H and O–H groups in total. The van der Waals surface area contributed by atoms with Crippen molar-refractivity contribution in [3.63, 3.8) is 0 Å². The number of rotatable bonds is 2. The fraction of sp³-hybridized carbons (Fsp3) is 0.417. The first-order valence-electron chi connectivity index (χ1n) is 5.93. The lowest BCUT2D eigenvalue weighted by Crippen LogP contribution is -2.42. The number of hydrogen-bond acceptors (Lipinski definition) is 5. The van der Waals surface area contributed by atoms with Crippen LogP contribution < -0.4 is 5.73 Å². The summed E-state index contributed by atoms with van der Waals surface area (Å²) in [4.78, 5) is -0.0571. The van der Waals surface area contributed by atoms with Crippen LogP contribution in [0.15, 0.2) is 23.1 Å². The second-order valence-electron chi connectivity index (χ2n) is 4.53. The van der Waals surface area contributed by atoms with Crippen molar-refractivity contribution < 1.29 is 13.5 Å². The number of nitrogens with two attached hydrogens (primary N) is 1. The van der Waals surface area contributed by atoms with Gasteiger partial charge in [0.15, 0.2) is 0 Å². The van der Waals surface area contributed by atoms with Crippen molar-refractivity contribution >= 4 is 15.7 Å². The predicted molar refractivity (Wildman–Crippen MR) is 69.6 cm³/mol. The summed E-state index contributed by atoms with van der Waals surface area (Å²) in [5, 5.41) is 18.6. The quantitative estimate of drug-likeness (QED) is 0.757. The molecule has 102 valence electrons. The summed E-state index contributed by atoms with van der Waals surface area (Å²) < 4.78 is 26.1. The lowest BCUT2D eigenvalue weighted by Gasteiger charge is -2.29. The van der Waals surface area contributed by atoms with Crippen LogP contribution in [0.5, 0.6) is 0 Å². The first-order valence-corrected chi connectivity index (χ1v) is 7.37. The molecule has 0 bridgehead atoms. The van der Waals surface area contributed by atoms with Crippen LogP contribution in [0.4, 0.5) is 5.69 Å². The Kier molecular flexibility index (Phi) is 3.75. The zero-order chi connectivity index (χ0) is 14.0. The largest absolute Gasteiger partial charge is 0.399 e. The van der Waals surface area contributed by atoms with E-state index >= 15 is 0 Å². The number of piperidine rings is 1. The molecule has 7 heteroatoms. The molecule has 0 amide bonds. The standard InChI is InChI=1S/C12H15N3O3S/c13-7-9-6-10(14)3-4-12(9)19(17,18)15-5-1-2-11(16)8-15/h3-4,6,11,16H,1-2,5,8,14H2/t11-/m0/s1. The lowest BCUT2D eigenvalue weighted by atomic mass is 10.1. The molecule has 1 heterocycles. The van der Waals surface area contributed by atoms with Crippen LogP contribution in [-0.2, 0) is 10.0 Å². The molecule has 0 unspecified atom stereocenters. The number of nitriles is 1. The van der Waals surface area contributed by atoms with E-state index < -0.39 is 16.1 Å². The molecule has 2 rings (SSSR count). The number of aliphatic hydroxyl groups is 1. The molecule has 1 fully saturated rings. The minimum absolute atomic E-state index is 0.0278. The summed E-state index contributed by atoms with van der Waals surface area (Å²) in [6, 6.07) is 5.98. The second kappa shape index (κ2) is 5.17. The van der Waals surface area contributed by atoms with Crippen LogP contribution in [0, 0.1) is 11.3 Å². The topological polar surface area (TPSA) is 107 Å². The summed E-state index contributed by atoms with van der Waals surface area (Å²) >= 11 is 0. The van der Waals surface area contributed by atoms with Crippen molar-refractivity contribution in [3.05, 3.63) is 23.8 Å². The average molecular weight is 281 g/mol. The predicted octanol–water partition coefficient (Wildman–Crippen LogP) is 0.286. The Balaban J connectivity index is 2.42. The number of hydrogen-bond donors (Lipinski definition) is 2. The van der Waals surface area contributed by atoms with Crippen LogP contribution in [-0.4, -0.2) is 37.0 Å². The SMILES string of the molecule is N#Cc1cc(N)ccc1S(=O)(=O)N1CCC[C@H](O)C1. The van der Waals surface area contributed by atoms with Gasteiger partial charge in [0.2, 0.25) is 10.0 Å². The van der Waals surface area contributed by atoms with Gasteiger partial charge in [-0.2, -0.15) is 9.57 Å². The maximum atomic E-state index is 12.4. The number of sulfonamides is 1. The lowest BCUT2D eigenvalue weighted by molar-refractivity contribution is 0.108. The summed E-state index contributed by atoms with van der Waals surface area (Å²) in [5.41, 5.74) is 5.92. The van der Waals surface area contributed by atoms with E-state index in [-0.39, 0.29) is 17.0 Å². The maximum absolute atomic E-state index is 12.4. The summed E-state index contributed by atoms with van der Waals surface area (Å²) in [5.74, 6) is 0. The van der Waals surface area contributed by atoms with Gasteiger partial charge < -0.3 is 10.8 Å². The average Bonchev–Trinajstić information content (AvgIpc) is 2.38. The van der Waals surface area contributed by atoms with E-state index in [0.717, 1.165) is 0 Å². The van der Waals surface area contributed by atoms with Crippen LogP contribution in [0.2, 0.25) is 0 Å². The second-order valence-corrected chi connectivity index (χ2v) is 6.43. The Labute approximate surface area is 112 Å². The maximum Gasteiger partial charge on any atom is 0.244 e. The highest BCUT2D eigenvalue weighted by Gasteiger charge is 2.31. The molecule has 0 aromatic heterocycles. The molecule has 1 aromatic carbocycles. The smallest absolute Gasteiger partial charge is 0.244 e. The van der Waals surface area contributed by atoms with E-state index in [2.05, 4.69) is 0 Å². The molecule has 6 nitrogen and oxygen atoms in total. The summed E-state index contributed by atoms with van der Waals surface area (Å²) in [6.45, 7) is 0.423. The van der Waals surface area contributed by atoms with Gasteiger partial charge in [0, 0.05) is 18.8 Å². The Hall–Kier alpha value is -1.62. The molecular formula is C12H15N3O3S. The third-order valence-electron chi connectivity index (χ3n) is 3.10. The van der Waals surface area contributed by atoms with E-state index in [1.807, 2.05) is 6.07 Å². The van der Waals surface area contributed by atoms with Crippen molar-refractivity contribution in [2.45, 2.75) is 23.8 Å². The minimum Gasteiger partial charge on any atom is -0.399 e. The molecule has 19 heavy (non-hydrogen) atoms. The molecular weight excluding hydrogens is 266 g/mol. The van der Waals surface area contributed by atoms with Crippen molar-refractivity contribution in [1.29, 1.82) is 5.26 Å². The Morgan fingerprint density at radius 3 is 2.84 bits per heavy atom. The first kappa shape index (κ1) is 13.8. The van der Waals surface area contributed by atoms with Gasteiger partial charge in [-0.15, -0.1) is 0 Å². The third kappa shape index (κ3) is 2.71. The van der Waals surface area contributed by atoms with Crippen molar-refractivity contribution in [3.8, 4) is 6.07 Å². The van der Waals surface area contributed by atoms with Gasteiger partial charge in [-0.05, 0) is 31.0 Å². The number of nitrogens with zero attached hydrogens (tertiary/aromatic N) is 2. The number of aliphatic hydroxyl groups excluding tert-OH is 1. The van der Waals surface area contributed by atoms with Gasteiger partial charge in [-0.25, -0.2) is 8.42 Å². The highest BCUT2D eigenvalue weighted by atomic mass is 32.2. The monoisotopic (exact) mass is 281 g/mol. The zero-order valence-corrected chi connectivity index (χ0v) is 11.1. The van der Waals surface area contributed by atoms with Crippen LogP contribution in [0.1, 0.15) is 18.4 Å². The van der Waals surface area contributed by atoms with Gasteiger partial charge >= 0.3 is 0 Å². The summed E-state index contributed by atoms with van der Waals surface area (Å²) in [7, 11) is -3.76. The van der Waals surface area contributed by atoms with Crippen LogP contribution >= 0.6 is 0 Å². The molecule has 1 aliphatic rings. The van der Waals surface area contributed by atoms with Crippen molar-refractivity contribution in [2.75, 3.05) is 18.8 Å². The zero-order valence-electron chi connectivity index (χ0n) is 10.3. The number of anilines is 1. The summed E-state index contributed by atoms with van der Waals surface area (Å²) in [6.07, 6.45) is 0.554. The van der Waals surface area contributed by atoms with E-state index in [1.165, 1.54) is 22.5 Å². The Morgan fingerprint density at radius 2 is 2.21 bits per heavy atom. The van der Waals surface area contributed by atoms with Gasteiger partial charge in [0.25, 0.3) is 0 Å². The minimum atomic E-state index is -3.76. The van der Waals surface area contributed by atoms with Gasteiger partial charge in [0.05, 0.1) is 11.7 Å². The Morgan fingerprint density at radius 1 is 1.47 bits per heavy atom. The molecule has 1 saturated heterocycles. The Bertz CT molecular complexity index is 622. The molecule has 0 spiro atoms. The third-order valence-corrected chi connectivity index (χ3v) is 5.02. The van der Waals surface area contributed by atoms with Gasteiger partial charge in [0.1, 0.15) is 11.0 Å². The van der Waals surface area contributed by atoms with Crippen molar-refractivity contribution in [2.24, 2.45) is 0 Å². The number of nitrogen functional groups attached to an aromatic ring is 1. The normalized spacial score (nSPS) is 20.9.